The maximum atomic E-state index is 13.1. The van der Waals surface area contributed by atoms with Crippen LogP contribution in [-0.2, 0) is 14.4 Å². The van der Waals surface area contributed by atoms with Crippen LogP contribution in [0.1, 0.15) is 19.8 Å². The molecule has 2 fully saturated rings. The summed E-state index contributed by atoms with van der Waals surface area (Å²) in [5, 5.41) is 2.30. The monoisotopic (exact) mass is 370 g/mol. The second-order valence-corrected chi connectivity index (χ2v) is 6.99. The van der Waals surface area contributed by atoms with Gasteiger partial charge in [0.25, 0.3) is 5.91 Å². The first-order valence-electron chi connectivity index (χ1n) is 8.76. The Morgan fingerprint density at radius 1 is 0.962 bits per heavy atom. The number of para-hydroxylation sites is 1. The van der Waals surface area contributed by atoms with Gasteiger partial charge >= 0.3 is 0 Å². The SMILES string of the molecule is CCC[C@H]1[C@H]2C(=O)N(c3ccc(Cl)cc3)C(=O)[C@@H]2ON1c1ccccc1. The lowest BCUT2D eigenvalue weighted by Gasteiger charge is -2.28. The summed E-state index contributed by atoms with van der Waals surface area (Å²) in [5.41, 5.74) is 1.39. The lowest BCUT2D eigenvalue weighted by atomic mass is 9.93. The second-order valence-electron chi connectivity index (χ2n) is 6.56. The number of rotatable bonds is 4. The highest BCUT2D eigenvalue weighted by molar-refractivity contribution is 6.31. The molecule has 0 spiro atoms. The van der Waals surface area contributed by atoms with Crippen LogP contribution in [0.5, 0.6) is 0 Å². The fourth-order valence-corrected chi connectivity index (χ4v) is 3.88. The predicted molar refractivity (Wildman–Crippen MR) is 99.9 cm³/mol. The number of hydroxylamine groups is 1. The summed E-state index contributed by atoms with van der Waals surface area (Å²) in [7, 11) is 0. The molecule has 0 bridgehead atoms. The van der Waals surface area contributed by atoms with Crippen molar-refractivity contribution in [3.63, 3.8) is 0 Å². The molecule has 3 atom stereocenters. The molecule has 26 heavy (non-hydrogen) atoms. The molecular formula is C20H19ClN2O3. The van der Waals surface area contributed by atoms with Crippen LogP contribution in [0.3, 0.4) is 0 Å². The zero-order valence-electron chi connectivity index (χ0n) is 14.3. The maximum Gasteiger partial charge on any atom is 0.266 e. The van der Waals surface area contributed by atoms with Gasteiger partial charge in [-0.3, -0.25) is 14.4 Å². The second kappa shape index (κ2) is 6.74. The van der Waals surface area contributed by atoms with Crippen LogP contribution in [0.2, 0.25) is 5.02 Å². The van der Waals surface area contributed by atoms with E-state index in [9.17, 15) is 9.59 Å². The molecule has 2 aromatic carbocycles. The zero-order chi connectivity index (χ0) is 18.3. The van der Waals surface area contributed by atoms with Crippen LogP contribution >= 0.6 is 11.6 Å². The van der Waals surface area contributed by atoms with Crippen molar-refractivity contribution >= 4 is 34.8 Å². The highest BCUT2D eigenvalue weighted by atomic mass is 35.5. The van der Waals surface area contributed by atoms with Crippen molar-refractivity contribution in [1.82, 2.24) is 0 Å². The Morgan fingerprint density at radius 3 is 2.31 bits per heavy atom. The first-order chi connectivity index (χ1) is 12.6. The lowest BCUT2D eigenvalue weighted by Crippen LogP contribution is -2.40. The van der Waals surface area contributed by atoms with Gasteiger partial charge in [0, 0.05) is 5.02 Å². The minimum absolute atomic E-state index is 0.166. The number of halogens is 1. The molecular weight excluding hydrogens is 352 g/mol. The third-order valence-corrected chi connectivity index (χ3v) is 5.17. The van der Waals surface area contributed by atoms with Gasteiger partial charge in [-0.1, -0.05) is 43.1 Å². The quantitative estimate of drug-likeness (QED) is 0.768. The normalized spacial score (nSPS) is 25.1. The van der Waals surface area contributed by atoms with Crippen LogP contribution in [0.25, 0.3) is 0 Å². The van der Waals surface area contributed by atoms with Gasteiger partial charge in [0.2, 0.25) is 5.91 Å². The Kier molecular flexibility index (Phi) is 4.42. The largest absolute Gasteiger partial charge is 0.273 e. The van der Waals surface area contributed by atoms with Gasteiger partial charge in [-0.05, 0) is 42.8 Å². The van der Waals surface area contributed by atoms with E-state index >= 15 is 0 Å². The fraction of sp³-hybridized carbons (Fsp3) is 0.300. The standard InChI is InChI=1S/C20H19ClN2O3/c1-2-6-16-17-18(26-23(16)15-7-4-3-5-8-15)20(25)22(19(17)24)14-11-9-13(21)10-12-14/h3-5,7-12,16-18H,2,6H2,1H3/t16-,17+,18+/m0/s1. The molecule has 4 rings (SSSR count). The van der Waals surface area contributed by atoms with Gasteiger partial charge in [-0.2, -0.15) is 0 Å². The number of carbonyl (C=O) groups excluding carboxylic acids is 2. The Hall–Kier alpha value is -2.37. The third kappa shape index (κ3) is 2.68. The maximum absolute atomic E-state index is 13.1. The molecule has 0 aliphatic carbocycles. The number of anilines is 2. The molecule has 6 heteroatoms. The van der Waals surface area contributed by atoms with Gasteiger partial charge in [0.1, 0.15) is 0 Å². The van der Waals surface area contributed by atoms with E-state index in [1.807, 2.05) is 30.3 Å². The van der Waals surface area contributed by atoms with Crippen molar-refractivity contribution in [3.05, 3.63) is 59.6 Å². The van der Waals surface area contributed by atoms with E-state index < -0.39 is 12.0 Å². The molecule has 2 saturated heterocycles. The third-order valence-electron chi connectivity index (χ3n) is 4.92. The summed E-state index contributed by atoms with van der Waals surface area (Å²) in [6.07, 6.45) is 0.877. The number of benzene rings is 2. The molecule has 0 N–H and O–H groups in total. The molecule has 5 nitrogen and oxygen atoms in total. The minimum Gasteiger partial charge on any atom is -0.273 e. The van der Waals surface area contributed by atoms with E-state index in [-0.39, 0.29) is 17.9 Å². The van der Waals surface area contributed by atoms with E-state index in [0.29, 0.717) is 10.7 Å². The molecule has 0 aromatic heterocycles. The summed E-state index contributed by atoms with van der Waals surface area (Å²) in [5.74, 6) is -1.03. The van der Waals surface area contributed by atoms with Crippen molar-refractivity contribution in [1.29, 1.82) is 0 Å². The smallest absolute Gasteiger partial charge is 0.266 e. The van der Waals surface area contributed by atoms with Crippen molar-refractivity contribution in [2.75, 3.05) is 9.96 Å². The predicted octanol–water partition coefficient (Wildman–Crippen LogP) is 3.82. The van der Waals surface area contributed by atoms with E-state index in [0.717, 1.165) is 18.5 Å². The summed E-state index contributed by atoms with van der Waals surface area (Å²) in [4.78, 5) is 33.3. The molecule has 2 heterocycles. The fourth-order valence-electron chi connectivity index (χ4n) is 3.76. The summed E-state index contributed by atoms with van der Waals surface area (Å²) in [6.45, 7) is 2.06. The Morgan fingerprint density at radius 2 is 1.65 bits per heavy atom. The van der Waals surface area contributed by atoms with Crippen molar-refractivity contribution in [3.8, 4) is 0 Å². The van der Waals surface area contributed by atoms with Crippen LogP contribution in [-0.4, -0.2) is 24.0 Å². The molecule has 2 aliphatic rings. The van der Waals surface area contributed by atoms with E-state index in [1.165, 1.54) is 4.90 Å². The highest BCUT2D eigenvalue weighted by Crippen LogP contribution is 2.41. The number of hydrogen-bond acceptors (Lipinski definition) is 4. The Balaban J connectivity index is 1.67. The average molecular weight is 371 g/mol. The van der Waals surface area contributed by atoms with Crippen molar-refractivity contribution in [2.24, 2.45) is 5.92 Å². The molecule has 0 radical (unpaired) electrons. The van der Waals surface area contributed by atoms with E-state index in [4.69, 9.17) is 16.4 Å². The summed E-state index contributed by atoms with van der Waals surface area (Å²) in [6, 6.07) is 16.2. The van der Waals surface area contributed by atoms with Crippen LogP contribution in [0.4, 0.5) is 11.4 Å². The van der Waals surface area contributed by atoms with Crippen LogP contribution < -0.4 is 9.96 Å². The van der Waals surface area contributed by atoms with Gasteiger partial charge < -0.3 is 0 Å². The van der Waals surface area contributed by atoms with Crippen molar-refractivity contribution < 1.29 is 14.4 Å². The first kappa shape index (κ1) is 17.1. The van der Waals surface area contributed by atoms with Crippen LogP contribution in [0.15, 0.2) is 54.6 Å². The lowest BCUT2D eigenvalue weighted by molar-refractivity contribution is -0.126. The Bertz CT molecular complexity index is 825. The van der Waals surface area contributed by atoms with Gasteiger partial charge in [0.05, 0.1) is 23.3 Å². The number of nitrogens with zero attached hydrogens (tertiary/aromatic N) is 2. The van der Waals surface area contributed by atoms with Gasteiger partial charge in [-0.25, -0.2) is 9.96 Å². The topological polar surface area (TPSA) is 49.9 Å². The number of amides is 2. The van der Waals surface area contributed by atoms with Crippen LogP contribution in [0, 0.1) is 5.92 Å². The average Bonchev–Trinajstić information content (AvgIpc) is 3.14. The number of fused-ring (bicyclic) bond motifs is 1. The Labute approximate surface area is 157 Å². The zero-order valence-corrected chi connectivity index (χ0v) is 15.1. The highest BCUT2D eigenvalue weighted by Gasteiger charge is 2.59. The summed E-state index contributed by atoms with van der Waals surface area (Å²) < 4.78 is 0. The molecule has 2 amide bonds. The number of imide groups is 1. The summed E-state index contributed by atoms with van der Waals surface area (Å²) >= 11 is 5.92. The molecule has 0 unspecified atom stereocenters. The minimum atomic E-state index is -0.782. The first-order valence-corrected chi connectivity index (χ1v) is 9.14. The number of hydrogen-bond donors (Lipinski definition) is 0. The van der Waals surface area contributed by atoms with Gasteiger partial charge in [0.15, 0.2) is 6.10 Å². The van der Waals surface area contributed by atoms with Gasteiger partial charge in [-0.15, -0.1) is 0 Å². The molecule has 2 aromatic rings. The van der Waals surface area contributed by atoms with E-state index in [1.54, 1.807) is 29.3 Å². The molecule has 2 aliphatic heterocycles. The van der Waals surface area contributed by atoms with Crippen molar-refractivity contribution in [2.45, 2.75) is 31.9 Å². The number of carbonyl (C=O) groups is 2. The van der Waals surface area contributed by atoms with E-state index in [2.05, 4.69) is 6.92 Å². The molecule has 0 saturated carbocycles. The molecule has 134 valence electrons.